The van der Waals surface area contributed by atoms with Crippen molar-refractivity contribution in [2.75, 3.05) is 13.1 Å². The van der Waals surface area contributed by atoms with Gasteiger partial charge >= 0.3 is 0 Å². The van der Waals surface area contributed by atoms with Crippen molar-refractivity contribution in [3.8, 4) is 0 Å². The molecule has 0 saturated carbocycles. The zero-order chi connectivity index (χ0) is 12.8. The van der Waals surface area contributed by atoms with E-state index in [-0.39, 0.29) is 17.6 Å². The van der Waals surface area contributed by atoms with E-state index in [1.165, 1.54) is 0 Å². The summed E-state index contributed by atoms with van der Waals surface area (Å²) >= 11 is 0. The minimum absolute atomic E-state index is 0.0407. The lowest BCUT2D eigenvalue weighted by atomic mass is 9.97. The molecule has 0 aromatic rings. The largest absolute Gasteiger partial charge is 0.327 e. The van der Waals surface area contributed by atoms with Crippen LogP contribution in [-0.4, -0.2) is 36.4 Å². The average molecular weight is 228 g/mol. The molecule has 0 amide bonds. The van der Waals surface area contributed by atoms with Crippen LogP contribution in [0.3, 0.4) is 0 Å². The maximum Gasteiger partial charge on any atom is 0.0537 e. The van der Waals surface area contributed by atoms with Crippen LogP contribution in [-0.2, 0) is 0 Å². The van der Waals surface area contributed by atoms with Crippen LogP contribution in [0.25, 0.3) is 0 Å². The van der Waals surface area contributed by atoms with E-state index < -0.39 is 0 Å². The van der Waals surface area contributed by atoms with Crippen LogP contribution in [0.15, 0.2) is 4.99 Å². The first-order chi connectivity index (χ1) is 7.23. The highest BCUT2D eigenvalue weighted by molar-refractivity contribution is 5.82. The molecule has 0 heterocycles. The van der Waals surface area contributed by atoms with Crippen LogP contribution in [0.2, 0.25) is 0 Å². The van der Waals surface area contributed by atoms with E-state index >= 15 is 0 Å². The highest BCUT2D eigenvalue weighted by atomic mass is 15.0. The number of nitrogens with one attached hydrogen (secondary N) is 1. The quantitative estimate of drug-likeness (QED) is 0.567. The Hall–Kier alpha value is -0.450. The zero-order valence-corrected chi connectivity index (χ0v) is 11.4. The monoisotopic (exact) mass is 228 g/mol. The Morgan fingerprint density at radius 3 is 2.25 bits per heavy atom. The molecular formula is C12H28N4. The maximum absolute atomic E-state index is 5.72. The van der Waals surface area contributed by atoms with Crippen LogP contribution >= 0.6 is 0 Å². The summed E-state index contributed by atoms with van der Waals surface area (Å²) in [5.74, 6) is 0. The van der Waals surface area contributed by atoms with Crippen molar-refractivity contribution in [1.82, 2.24) is 5.32 Å². The molecule has 0 aliphatic rings. The number of aliphatic imine (C=N–C) groups is 1. The fourth-order valence-corrected chi connectivity index (χ4v) is 1.50. The first-order valence-electron chi connectivity index (χ1n) is 5.99. The van der Waals surface area contributed by atoms with Gasteiger partial charge in [-0.3, -0.25) is 4.99 Å². The molecule has 0 spiro atoms. The van der Waals surface area contributed by atoms with Gasteiger partial charge in [0.2, 0.25) is 0 Å². The second-order valence-corrected chi connectivity index (χ2v) is 5.47. The molecule has 0 aromatic carbocycles. The topological polar surface area (TPSA) is 76.4 Å². The van der Waals surface area contributed by atoms with Gasteiger partial charge in [-0.05, 0) is 34.6 Å². The van der Waals surface area contributed by atoms with Crippen molar-refractivity contribution in [3.63, 3.8) is 0 Å². The standard InChI is InChI=1S/C12H28N4/c1-9(13)7-15-11(3)6-12(4,5)16-8-10(2)14/h9-10,16H,6-8,13-14H2,1-5H3/t9-,10-/m0/s1. The van der Waals surface area contributed by atoms with Crippen LogP contribution in [0.4, 0.5) is 0 Å². The van der Waals surface area contributed by atoms with Crippen molar-refractivity contribution in [3.05, 3.63) is 0 Å². The minimum Gasteiger partial charge on any atom is -0.327 e. The Balaban J connectivity index is 4.08. The van der Waals surface area contributed by atoms with E-state index in [1.807, 2.05) is 13.8 Å². The predicted molar refractivity (Wildman–Crippen MR) is 72.0 cm³/mol. The van der Waals surface area contributed by atoms with Gasteiger partial charge in [-0.25, -0.2) is 0 Å². The Morgan fingerprint density at radius 1 is 1.25 bits per heavy atom. The fraction of sp³-hybridized carbons (Fsp3) is 0.917. The molecule has 0 bridgehead atoms. The van der Waals surface area contributed by atoms with Crippen molar-refractivity contribution in [2.45, 2.75) is 58.7 Å². The normalized spacial score (nSPS) is 17.3. The number of nitrogens with two attached hydrogens (primary N) is 2. The molecule has 0 rings (SSSR count). The molecular weight excluding hydrogens is 200 g/mol. The van der Waals surface area contributed by atoms with Gasteiger partial charge in [-0.15, -0.1) is 0 Å². The summed E-state index contributed by atoms with van der Waals surface area (Å²) in [7, 11) is 0. The maximum atomic E-state index is 5.72. The Kier molecular flexibility index (Phi) is 6.79. The summed E-state index contributed by atoms with van der Waals surface area (Å²) in [6, 6.07) is 0.315. The van der Waals surface area contributed by atoms with Crippen LogP contribution < -0.4 is 16.8 Å². The summed E-state index contributed by atoms with van der Waals surface area (Å²) in [6.07, 6.45) is 0.923. The molecule has 0 unspecified atom stereocenters. The van der Waals surface area contributed by atoms with E-state index in [9.17, 15) is 0 Å². The lowest BCUT2D eigenvalue weighted by Crippen LogP contribution is -2.46. The fourth-order valence-electron chi connectivity index (χ4n) is 1.50. The van der Waals surface area contributed by atoms with Gasteiger partial charge in [0.25, 0.3) is 0 Å². The summed E-state index contributed by atoms with van der Waals surface area (Å²) in [5, 5.41) is 3.44. The Labute approximate surface area is 99.9 Å². The third-order valence-corrected chi connectivity index (χ3v) is 2.25. The van der Waals surface area contributed by atoms with Gasteiger partial charge in [-0.2, -0.15) is 0 Å². The van der Waals surface area contributed by atoms with Crippen molar-refractivity contribution in [1.29, 1.82) is 0 Å². The second kappa shape index (κ2) is 6.99. The molecule has 0 radical (unpaired) electrons. The van der Waals surface area contributed by atoms with Gasteiger partial charge in [0.05, 0.1) is 6.54 Å². The lowest BCUT2D eigenvalue weighted by Gasteiger charge is -2.27. The van der Waals surface area contributed by atoms with Gasteiger partial charge in [0.15, 0.2) is 0 Å². The first-order valence-corrected chi connectivity index (χ1v) is 5.99. The zero-order valence-electron chi connectivity index (χ0n) is 11.4. The van der Waals surface area contributed by atoms with Crippen LogP contribution in [0.5, 0.6) is 0 Å². The highest BCUT2D eigenvalue weighted by Gasteiger charge is 2.18. The van der Waals surface area contributed by atoms with Crippen molar-refractivity contribution < 1.29 is 0 Å². The van der Waals surface area contributed by atoms with E-state index in [0.717, 1.165) is 18.7 Å². The SMILES string of the molecule is CC(CC(C)(C)NC[C@H](C)N)=NC[C@H](C)N. The summed E-state index contributed by atoms with van der Waals surface area (Å²) in [6.45, 7) is 11.9. The molecule has 2 atom stereocenters. The smallest absolute Gasteiger partial charge is 0.0537 e. The van der Waals surface area contributed by atoms with Crippen LogP contribution in [0.1, 0.15) is 41.0 Å². The first kappa shape index (κ1) is 15.6. The van der Waals surface area contributed by atoms with Crippen molar-refractivity contribution >= 4 is 5.71 Å². The highest BCUT2D eigenvalue weighted by Crippen LogP contribution is 2.09. The molecule has 16 heavy (non-hydrogen) atoms. The Bertz CT molecular complexity index is 219. The Morgan fingerprint density at radius 2 is 1.81 bits per heavy atom. The van der Waals surface area contributed by atoms with E-state index in [0.29, 0.717) is 6.54 Å². The third-order valence-electron chi connectivity index (χ3n) is 2.25. The van der Waals surface area contributed by atoms with Gasteiger partial charge in [-0.1, -0.05) is 0 Å². The lowest BCUT2D eigenvalue weighted by molar-refractivity contribution is 0.389. The van der Waals surface area contributed by atoms with Gasteiger partial charge < -0.3 is 16.8 Å². The number of hydrogen-bond acceptors (Lipinski definition) is 4. The molecule has 0 fully saturated rings. The minimum atomic E-state index is 0.0407. The second-order valence-electron chi connectivity index (χ2n) is 5.47. The molecule has 0 aliphatic heterocycles. The molecule has 96 valence electrons. The van der Waals surface area contributed by atoms with Gasteiger partial charge in [0.1, 0.15) is 0 Å². The molecule has 0 aromatic heterocycles. The van der Waals surface area contributed by atoms with E-state index in [1.54, 1.807) is 0 Å². The number of rotatable bonds is 7. The van der Waals surface area contributed by atoms with Crippen LogP contribution in [0, 0.1) is 0 Å². The predicted octanol–water partition coefficient (Wildman–Crippen LogP) is 0.900. The summed E-state index contributed by atoms with van der Waals surface area (Å²) in [5.41, 5.74) is 12.6. The van der Waals surface area contributed by atoms with E-state index in [2.05, 4.69) is 31.1 Å². The van der Waals surface area contributed by atoms with Crippen molar-refractivity contribution in [2.24, 2.45) is 16.5 Å². The molecule has 0 aliphatic carbocycles. The molecule has 5 N–H and O–H groups in total. The summed E-state index contributed by atoms with van der Waals surface area (Å²) in [4.78, 5) is 4.46. The number of nitrogens with zero attached hydrogens (tertiary/aromatic N) is 1. The summed E-state index contributed by atoms with van der Waals surface area (Å²) < 4.78 is 0. The molecule has 4 nitrogen and oxygen atoms in total. The van der Waals surface area contributed by atoms with E-state index in [4.69, 9.17) is 11.5 Å². The molecule has 4 heteroatoms. The molecule has 0 saturated heterocycles. The third kappa shape index (κ3) is 8.83. The average Bonchev–Trinajstić information content (AvgIpc) is 2.11. The van der Waals surface area contributed by atoms with Gasteiger partial charge in [0, 0.05) is 36.3 Å². The number of hydrogen-bond donors (Lipinski definition) is 3.